The van der Waals surface area contributed by atoms with E-state index in [1.807, 2.05) is 0 Å². The van der Waals surface area contributed by atoms with E-state index in [1.165, 1.54) is 27.0 Å². The maximum Gasteiger partial charge on any atom is 0.433 e. The largest absolute Gasteiger partial charge is 0.433 e. The summed E-state index contributed by atoms with van der Waals surface area (Å²) in [5.41, 5.74) is -0.583. The number of alkyl halides is 3. The van der Waals surface area contributed by atoms with E-state index in [0.717, 1.165) is 11.0 Å². The Hall–Kier alpha value is -1.59. The minimum atomic E-state index is -4.50. The van der Waals surface area contributed by atoms with Crippen LogP contribution in [0.25, 0.3) is 0 Å². The van der Waals surface area contributed by atoms with Crippen LogP contribution in [0.2, 0.25) is 0 Å². The van der Waals surface area contributed by atoms with Gasteiger partial charge in [-0.1, -0.05) is 0 Å². The van der Waals surface area contributed by atoms with Gasteiger partial charge in [-0.3, -0.25) is 4.79 Å². The van der Waals surface area contributed by atoms with Crippen LogP contribution in [0.4, 0.5) is 18.9 Å². The van der Waals surface area contributed by atoms with Crippen LogP contribution in [0.5, 0.6) is 0 Å². The Bertz CT molecular complexity index is 415. The zero-order valence-corrected chi connectivity index (χ0v) is 9.09. The lowest BCUT2D eigenvalue weighted by Gasteiger charge is -2.17. The van der Waals surface area contributed by atoms with Gasteiger partial charge in [-0.05, 0) is 19.1 Å². The Labute approximate surface area is 90.9 Å². The maximum atomic E-state index is 12.4. The number of carbonyl (C=O) groups excluding carboxylic acids is 1. The summed E-state index contributed by atoms with van der Waals surface area (Å²) in [6.45, 7) is 2.73. The van der Waals surface area contributed by atoms with Crippen molar-refractivity contribution in [2.24, 2.45) is 0 Å². The zero-order valence-electron chi connectivity index (χ0n) is 9.09. The molecule has 1 amide bonds. The molecule has 3 nitrogen and oxygen atoms in total. The molecule has 1 aromatic rings. The molecule has 0 aliphatic heterocycles. The van der Waals surface area contributed by atoms with Gasteiger partial charge in [-0.15, -0.1) is 0 Å². The molecule has 0 bridgehead atoms. The molecule has 0 saturated heterocycles. The summed E-state index contributed by atoms with van der Waals surface area (Å²) < 4.78 is 37.3. The molecule has 0 spiro atoms. The predicted molar refractivity (Wildman–Crippen MR) is 53.1 cm³/mol. The van der Waals surface area contributed by atoms with Gasteiger partial charge < -0.3 is 4.90 Å². The number of aromatic nitrogens is 1. The lowest BCUT2D eigenvalue weighted by Crippen LogP contribution is -2.23. The molecule has 1 heterocycles. The lowest BCUT2D eigenvalue weighted by molar-refractivity contribution is -0.141. The van der Waals surface area contributed by atoms with E-state index < -0.39 is 11.9 Å². The molecule has 0 radical (unpaired) electrons. The molecule has 0 N–H and O–H groups in total. The fourth-order valence-corrected chi connectivity index (χ4v) is 1.17. The number of pyridine rings is 1. The van der Waals surface area contributed by atoms with Crippen molar-refractivity contribution in [3.05, 3.63) is 23.5 Å². The number of amides is 1. The number of nitrogens with zero attached hydrogens (tertiary/aromatic N) is 2. The highest BCUT2D eigenvalue weighted by molar-refractivity contribution is 5.90. The standard InChI is InChI=1S/C10H11F3N2O/c1-6-4-8(15(3)7(2)16)5-9(14-6)10(11,12)13/h4-5H,1-3H3. The van der Waals surface area contributed by atoms with Crippen molar-refractivity contribution in [2.75, 3.05) is 11.9 Å². The molecule has 0 saturated carbocycles. The zero-order chi connectivity index (χ0) is 12.5. The molecule has 1 aromatic heterocycles. The fraction of sp³-hybridized carbons (Fsp3) is 0.400. The number of aryl methyl sites for hydroxylation is 1. The van der Waals surface area contributed by atoms with Crippen LogP contribution in [0.1, 0.15) is 18.3 Å². The van der Waals surface area contributed by atoms with E-state index in [2.05, 4.69) is 4.98 Å². The van der Waals surface area contributed by atoms with Crippen LogP contribution >= 0.6 is 0 Å². The van der Waals surface area contributed by atoms with E-state index in [-0.39, 0.29) is 17.3 Å². The molecular formula is C10H11F3N2O. The quantitative estimate of drug-likeness (QED) is 0.744. The summed E-state index contributed by atoms with van der Waals surface area (Å²) in [6, 6.07) is 2.28. The van der Waals surface area contributed by atoms with E-state index in [1.54, 1.807) is 0 Å². The first-order chi connectivity index (χ1) is 7.21. The summed E-state index contributed by atoms with van der Waals surface area (Å²) in [5, 5.41) is 0. The van der Waals surface area contributed by atoms with E-state index in [9.17, 15) is 18.0 Å². The summed E-state index contributed by atoms with van der Waals surface area (Å²) in [5.74, 6) is -0.335. The third-order valence-electron chi connectivity index (χ3n) is 2.09. The highest BCUT2D eigenvalue weighted by atomic mass is 19.4. The van der Waals surface area contributed by atoms with Gasteiger partial charge in [0.1, 0.15) is 5.69 Å². The van der Waals surface area contributed by atoms with Gasteiger partial charge in [0, 0.05) is 25.4 Å². The second-order valence-electron chi connectivity index (χ2n) is 3.43. The van der Waals surface area contributed by atoms with Gasteiger partial charge in [0.2, 0.25) is 5.91 Å². The SMILES string of the molecule is CC(=O)N(C)c1cc(C)nc(C(F)(F)F)c1. The molecule has 1 rings (SSSR count). The number of hydrogen-bond acceptors (Lipinski definition) is 2. The highest BCUT2D eigenvalue weighted by Crippen LogP contribution is 2.30. The molecule has 16 heavy (non-hydrogen) atoms. The Morgan fingerprint density at radius 3 is 2.38 bits per heavy atom. The minimum absolute atomic E-state index is 0.187. The van der Waals surface area contributed by atoms with Gasteiger partial charge in [0.15, 0.2) is 0 Å². The Morgan fingerprint density at radius 2 is 1.94 bits per heavy atom. The number of carbonyl (C=O) groups is 1. The van der Waals surface area contributed by atoms with Gasteiger partial charge in [-0.2, -0.15) is 13.2 Å². The van der Waals surface area contributed by atoms with Crippen molar-refractivity contribution in [1.82, 2.24) is 4.98 Å². The van der Waals surface area contributed by atoms with Crippen LogP contribution in [-0.4, -0.2) is 17.9 Å². The van der Waals surface area contributed by atoms with Crippen LogP contribution < -0.4 is 4.90 Å². The lowest BCUT2D eigenvalue weighted by atomic mass is 10.2. The van der Waals surface area contributed by atoms with Crippen molar-refractivity contribution in [3.8, 4) is 0 Å². The van der Waals surface area contributed by atoms with Gasteiger partial charge in [0.05, 0.1) is 0 Å². The first-order valence-electron chi connectivity index (χ1n) is 4.52. The Kier molecular flexibility index (Phi) is 3.21. The molecule has 88 valence electrons. The molecule has 0 fully saturated rings. The van der Waals surface area contributed by atoms with Crippen molar-refractivity contribution in [1.29, 1.82) is 0 Å². The second kappa shape index (κ2) is 4.11. The number of rotatable bonds is 1. The molecule has 0 aliphatic rings. The van der Waals surface area contributed by atoms with E-state index >= 15 is 0 Å². The summed E-state index contributed by atoms with van der Waals surface area (Å²) >= 11 is 0. The summed E-state index contributed by atoms with van der Waals surface area (Å²) in [7, 11) is 1.41. The molecule has 0 aromatic carbocycles. The Balaban J connectivity index is 3.23. The average Bonchev–Trinajstić information content (AvgIpc) is 2.14. The molecule has 0 aliphatic carbocycles. The van der Waals surface area contributed by atoms with Crippen molar-refractivity contribution < 1.29 is 18.0 Å². The monoisotopic (exact) mass is 232 g/mol. The molecule has 6 heteroatoms. The summed E-state index contributed by atoms with van der Waals surface area (Å²) in [4.78, 5) is 15.6. The predicted octanol–water partition coefficient (Wildman–Crippen LogP) is 2.39. The first kappa shape index (κ1) is 12.5. The third kappa shape index (κ3) is 2.71. The first-order valence-corrected chi connectivity index (χ1v) is 4.52. The van der Waals surface area contributed by atoms with Gasteiger partial charge >= 0.3 is 6.18 Å². The smallest absolute Gasteiger partial charge is 0.316 e. The van der Waals surface area contributed by atoms with Gasteiger partial charge in [0.25, 0.3) is 0 Å². The molecule has 0 atom stereocenters. The van der Waals surface area contributed by atoms with Crippen molar-refractivity contribution >= 4 is 11.6 Å². The van der Waals surface area contributed by atoms with Crippen LogP contribution in [0, 0.1) is 6.92 Å². The fourth-order valence-electron chi connectivity index (χ4n) is 1.17. The number of hydrogen-bond donors (Lipinski definition) is 0. The summed E-state index contributed by atoms with van der Waals surface area (Å²) in [6.07, 6.45) is -4.50. The van der Waals surface area contributed by atoms with Crippen molar-refractivity contribution in [3.63, 3.8) is 0 Å². The number of anilines is 1. The Morgan fingerprint density at radius 1 is 1.38 bits per heavy atom. The normalized spacial score (nSPS) is 11.4. The average molecular weight is 232 g/mol. The molecular weight excluding hydrogens is 221 g/mol. The molecule has 0 unspecified atom stereocenters. The van der Waals surface area contributed by atoms with Crippen LogP contribution in [0.15, 0.2) is 12.1 Å². The van der Waals surface area contributed by atoms with Crippen molar-refractivity contribution in [2.45, 2.75) is 20.0 Å². The minimum Gasteiger partial charge on any atom is -0.316 e. The van der Waals surface area contributed by atoms with Crippen LogP contribution in [0.3, 0.4) is 0 Å². The highest BCUT2D eigenvalue weighted by Gasteiger charge is 2.33. The van der Waals surface area contributed by atoms with E-state index in [4.69, 9.17) is 0 Å². The second-order valence-corrected chi connectivity index (χ2v) is 3.43. The third-order valence-corrected chi connectivity index (χ3v) is 2.09. The maximum absolute atomic E-state index is 12.4. The van der Waals surface area contributed by atoms with Crippen LogP contribution in [-0.2, 0) is 11.0 Å². The van der Waals surface area contributed by atoms with E-state index in [0.29, 0.717) is 0 Å². The van der Waals surface area contributed by atoms with Gasteiger partial charge in [-0.25, -0.2) is 4.98 Å². The number of halogens is 3. The topological polar surface area (TPSA) is 33.2 Å².